The van der Waals surface area contributed by atoms with E-state index in [2.05, 4.69) is 15.3 Å². The normalized spacial score (nSPS) is 19.5. The highest BCUT2D eigenvalue weighted by atomic mass is 32.1. The van der Waals surface area contributed by atoms with Gasteiger partial charge in [-0.2, -0.15) is 0 Å². The number of thiazole rings is 1. The van der Waals surface area contributed by atoms with Crippen molar-refractivity contribution in [2.24, 2.45) is 0 Å². The van der Waals surface area contributed by atoms with Crippen molar-refractivity contribution in [3.63, 3.8) is 0 Å². The average Bonchev–Trinajstić information content (AvgIpc) is 3.14. The Kier molecular flexibility index (Phi) is 6.30. The van der Waals surface area contributed by atoms with Gasteiger partial charge in [0.05, 0.1) is 16.8 Å². The third-order valence-electron chi connectivity index (χ3n) is 5.30. The number of nitrogens with one attached hydrogen (secondary N) is 1. The van der Waals surface area contributed by atoms with Gasteiger partial charge in [0.2, 0.25) is 0 Å². The lowest BCUT2D eigenvalue weighted by Gasteiger charge is -2.42. The van der Waals surface area contributed by atoms with Crippen molar-refractivity contribution in [2.45, 2.75) is 25.4 Å². The summed E-state index contributed by atoms with van der Waals surface area (Å²) in [6.45, 7) is 2.70. The van der Waals surface area contributed by atoms with Crippen molar-refractivity contribution in [1.29, 1.82) is 0 Å². The number of aliphatic hydroxyl groups is 3. The van der Waals surface area contributed by atoms with Crippen LogP contribution in [0.15, 0.2) is 30.5 Å². The molecule has 11 heteroatoms. The van der Waals surface area contributed by atoms with Crippen molar-refractivity contribution in [2.75, 3.05) is 36.5 Å². The Morgan fingerprint density at radius 2 is 2.06 bits per heavy atom. The highest BCUT2D eigenvalue weighted by molar-refractivity contribution is 7.22. The number of pyridine rings is 1. The van der Waals surface area contributed by atoms with Crippen molar-refractivity contribution in [3.8, 4) is 0 Å². The highest BCUT2D eigenvalue weighted by Gasteiger charge is 2.30. The van der Waals surface area contributed by atoms with Crippen LogP contribution in [0.2, 0.25) is 0 Å². The van der Waals surface area contributed by atoms with Gasteiger partial charge in [0.25, 0.3) is 0 Å². The maximum absolute atomic E-state index is 14.5. The van der Waals surface area contributed by atoms with Crippen LogP contribution >= 0.6 is 11.3 Å². The van der Waals surface area contributed by atoms with Crippen LogP contribution < -0.4 is 10.2 Å². The average molecular weight is 451 g/mol. The van der Waals surface area contributed by atoms with E-state index in [4.69, 9.17) is 5.11 Å². The lowest BCUT2D eigenvalue weighted by atomic mass is 10.1. The second kappa shape index (κ2) is 8.97. The number of anilines is 2. The molecule has 0 radical (unpaired) electrons. The zero-order valence-corrected chi connectivity index (χ0v) is 17.6. The monoisotopic (exact) mass is 451 g/mol. The SMILES string of the molecule is C[C@@H]1CN(c2ncc([C@H](O)CO)cc2F)CCN1C(O)Nc1nc2ccc(F)cc2s1. The zero-order valence-electron chi connectivity index (χ0n) is 16.7. The maximum Gasteiger partial charge on any atom is 0.186 e. The smallest absolute Gasteiger partial charge is 0.186 e. The minimum absolute atomic E-state index is 0.132. The van der Waals surface area contributed by atoms with E-state index in [9.17, 15) is 19.0 Å². The number of rotatable bonds is 6. The van der Waals surface area contributed by atoms with E-state index in [-0.39, 0.29) is 23.2 Å². The van der Waals surface area contributed by atoms with Gasteiger partial charge in [0.1, 0.15) is 11.9 Å². The minimum atomic E-state index is -1.17. The van der Waals surface area contributed by atoms with Crippen LogP contribution in [-0.4, -0.2) is 68.8 Å². The molecule has 1 fully saturated rings. The number of benzene rings is 1. The standard InChI is InChI=1S/C20H23F2N5O3S/c1-11-9-26(18-14(22)6-12(8-23-18)16(29)10-28)4-5-27(11)20(30)25-19-24-15-3-2-13(21)7-17(15)31-19/h2-3,6-8,11,16,20,28-30H,4-5,9-10H2,1H3,(H,24,25)/t11-,16-,20?/m1/s1. The Bertz CT molecular complexity index is 1070. The van der Waals surface area contributed by atoms with E-state index in [1.54, 1.807) is 11.0 Å². The first-order valence-corrected chi connectivity index (χ1v) is 10.6. The fraction of sp³-hybridized carbons (Fsp3) is 0.400. The molecule has 166 valence electrons. The van der Waals surface area contributed by atoms with E-state index in [1.165, 1.54) is 35.7 Å². The number of aromatic nitrogens is 2. The van der Waals surface area contributed by atoms with E-state index in [0.717, 1.165) is 0 Å². The molecule has 1 aliphatic heterocycles. The van der Waals surface area contributed by atoms with E-state index >= 15 is 0 Å². The zero-order chi connectivity index (χ0) is 22.1. The van der Waals surface area contributed by atoms with Crippen LogP contribution in [0.5, 0.6) is 0 Å². The summed E-state index contributed by atoms with van der Waals surface area (Å²) in [4.78, 5) is 12.1. The summed E-state index contributed by atoms with van der Waals surface area (Å²) < 4.78 is 28.6. The Balaban J connectivity index is 1.41. The largest absolute Gasteiger partial charge is 0.393 e. The van der Waals surface area contributed by atoms with Gasteiger partial charge in [-0.15, -0.1) is 0 Å². The molecule has 3 atom stereocenters. The first-order chi connectivity index (χ1) is 14.9. The van der Waals surface area contributed by atoms with Crippen molar-refractivity contribution in [1.82, 2.24) is 14.9 Å². The van der Waals surface area contributed by atoms with Crippen molar-refractivity contribution < 1.29 is 24.1 Å². The fourth-order valence-corrected chi connectivity index (χ4v) is 4.55. The third-order valence-corrected chi connectivity index (χ3v) is 6.25. The first kappa shape index (κ1) is 21.8. The third kappa shape index (κ3) is 4.60. The van der Waals surface area contributed by atoms with Gasteiger partial charge in [-0.1, -0.05) is 11.3 Å². The van der Waals surface area contributed by atoms with Crippen molar-refractivity contribution in [3.05, 3.63) is 47.7 Å². The topological polar surface area (TPSA) is 105 Å². The van der Waals surface area contributed by atoms with Crippen LogP contribution in [0.3, 0.4) is 0 Å². The van der Waals surface area contributed by atoms with Crippen LogP contribution in [0, 0.1) is 11.6 Å². The quantitative estimate of drug-likeness (QED) is 0.421. The lowest BCUT2D eigenvalue weighted by molar-refractivity contribution is -0.00547. The molecule has 31 heavy (non-hydrogen) atoms. The second-order valence-electron chi connectivity index (χ2n) is 7.45. The summed E-state index contributed by atoms with van der Waals surface area (Å²) in [6, 6.07) is 5.37. The van der Waals surface area contributed by atoms with Crippen LogP contribution in [0.25, 0.3) is 10.2 Å². The maximum atomic E-state index is 14.5. The molecule has 4 rings (SSSR count). The van der Waals surface area contributed by atoms with Crippen LogP contribution in [0.1, 0.15) is 18.6 Å². The van der Waals surface area contributed by atoms with Gasteiger partial charge in [0.15, 0.2) is 23.1 Å². The molecule has 0 bridgehead atoms. The predicted molar refractivity (Wildman–Crippen MR) is 114 cm³/mol. The summed E-state index contributed by atoms with van der Waals surface area (Å²) in [7, 11) is 0. The summed E-state index contributed by atoms with van der Waals surface area (Å²) in [5, 5.41) is 32.7. The van der Waals surface area contributed by atoms with Gasteiger partial charge in [-0.05, 0) is 31.2 Å². The molecule has 8 nitrogen and oxygen atoms in total. The molecule has 0 aliphatic carbocycles. The van der Waals surface area contributed by atoms with Gasteiger partial charge in [-0.25, -0.2) is 18.7 Å². The Morgan fingerprint density at radius 1 is 1.26 bits per heavy atom. The number of piperazine rings is 1. The minimum Gasteiger partial charge on any atom is -0.393 e. The molecule has 1 unspecified atom stereocenters. The number of halogens is 2. The van der Waals surface area contributed by atoms with E-state index in [0.29, 0.717) is 35.0 Å². The van der Waals surface area contributed by atoms with Gasteiger partial charge in [-0.3, -0.25) is 4.90 Å². The second-order valence-corrected chi connectivity index (χ2v) is 8.49. The summed E-state index contributed by atoms with van der Waals surface area (Å²) >= 11 is 1.25. The molecule has 3 heterocycles. The van der Waals surface area contributed by atoms with E-state index in [1.807, 2.05) is 11.8 Å². The molecule has 1 aliphatic rings. The lowest BCUT2D eigenvalue weighted by Crippen LogP contribution is -2.57. The molecule has 1 aromatic carbocycles. The number of aliphatic hydroxyl groups excluding tert-OH is 3. The summed E-state index contributed by atoms with van der Waals surface area (Å²) in [6.07, 6.45) is -0.836. The molecule has 0 amide bonds. The number of nitrogens with zero attached hydrogens (tertiary/aromatic N) is 4. The Labute approximate surface area is 181 Å². The molecule has 3 aromatic rings. The van der Waals surface area contributed by atoms with Gasteiger partial charge in [0, 0.05) is 37.4 Å². The van der Waals surface area contributed by atoms with Crippen LogP contribution in [0.4, 0.5) is 19.7 Å². The molecule has 1 saturated heterocycles. The predicted octanol–water partition coefficient (Wildman–Crippen LogP) is 1.89. The molecule has 2 aromatic heterocycles. The molecule has 0 spiro atoms. The van der Waals surface area contributed by atoms with Crippen LogP contribution in [-0.2, 0) is 0 Å². The Hall–Kier alpha value is -2.44. The molecule has 0 saturated carbocycles. The molecular formula is C20H23F2N5O3S. The highest BCUT2D eigenvalue weighted by Crippen LogP contribution is 2.28. The van der Waals surface area contributed by atoms with E-state index < -0.39 is 24.9 Å². The van der Waals surface area contributed by atoms with Gasteiger partial charge < -0.3 is 25.5 Å². The molecule has 4 N–H and O–H groups in total. The number of hydrogen-bond donors (Lipinski definition) is 4. The number of hydrogen-bond acceptors (Lipinski definition) is 9. The molecular weight excluding hydrogens is 428 g/mol. The van der Waals surface area contributed by atoms with Crippen molar-refractivity contribution >= 4 is 32.5 Å². The fourth-order valence-electron chi connectivity index (χ4n) is 3.65. The summed E-state index contributed by atoms with van der Waals surface area (Å²) in [5.74, 6) is -0.755. The van der Waals surface area contributed by atoms with Gasteiger partial charge >= 0.3 is 0 Å². The first-order valence-electron chi connectivity index (χ1n) is 9.81. The Morgan fingerprint density at radius 3 is 2.77 bits per heavy atom. The number of fused-ring (bicyclic) bond motifs is 1. The summed E-state index contributed by atoms with van der Waals surface area (Å²) in [5.41, 5.74) is 0.862.